The Kier molecular flexibility index (Phi) is 9.14. The Morgan fingerprint density at radius 3 is 2.29 bits per heavy atom. The number of carbonyl (C=O) groups is 4. The number of nitro benzene ring substituents is 1. The molecular weight excluding hydrogens is 554 g/mol. The molecule has 2 aromatic carbocycles. The molecule has 1 aliphatic heterocycles. The van der Waals surface area contributed by atoms with Gasteiger partial charge in [0.25, 0.3) is 17.5 Å². The topological polar surface area (TPSA) is 171 Å². The number of nitrogens with zero attached hydrogens (tertiary/aromatic N) is 3. The highest BCUT2D eigenvalue weighted by molar-refractivity contribution is 7.10. The number of amides is 3. The van der Waals surface area contributed by atoms with Crippen LogP contribution in [0.1, 0.15) is 38.1 Å². The number of hydrogen-bond donors (Lipinski definition) is 3. The number of thiophene rings is 1. The summed E-state index contributed by atoms with van der Waals surface area (Å²) in [5.41, 5.74) is 1.10. The summed E-state index contributed by atoms with van der Waals surface area (Å²) in [4.78, 5) is 64.3. The number of ether oxygens (including phenoxy) is 1. The van der Waals surface area contributed by atoms with E-state index in [9.17, 15) is 34.4 Å². The maximum Gasteiger partial charge on any atom is 0.409 e. The predicted molar refractivity (Wildman–Crippen MR) is 150 cm³/mol. The number of nitro groups is 1. The number of piperazine rings is 1. The number of rotatable bonds is 9. The van der Waals surface area contributed by atoms with E-state index in [1.807, 2.05) is 4.90 Å². The average Bonchev–Trinajstić information content (AvgIpc) is 3.51. The molecule has 0 aliphatic carbocycles. The zero-order chi connectivity index (χ0) is 29.5. The predicted octanol–water partition coefficient (Wildman–Crippen LogP) is 3.74. The van der Waals surface area contributed by atoms with Crippen LogP contribution in [0.5, 0.6) is 0 Å². The lowest BCUT2D eigenvalue weighted by atomic mass is 10.1. The number of nitrogens with one attached hydrogen (secondary N) is 2. The Labute approximate surface area is 238 Å². The highest BCUT2D eigenvalue weighted by Crippen LogP contribution is 2.30. The van der Waals surface area contributed by atoms with Gasteiger partial charge in [-0.05, 0) is 41.8 Å². The maximum atomic E-state index is 13.2. The van der Waals surface area contributed by atoms with E-state index in [-0.39, 0.29) is 23.2 Å². The van der Waals surface area contributed by atoms with Crippen molar-refractivity contribution in [2.24, 2.45) is 0 Å². The van der Waals surface area contributed by atoms with Crippen LogP contribution in [0.4, 0.5) is 21.9 Å². The van der Waals surface area contributed by atoms with Gasteiger partial charge in [-0.25, -0.2) is 4.79 Å². The van der Waals surface area contributed by atoms with Crippen LogP contribution in [0.15, 0.2) is 60.0 Å². The van der Waals surface area contributed by atoms with E-state index in [0.29, 0.717) is 42.4 Å². The Hall–Kier alpha value is -4.98. The van der Waals surface area contributed by atoms with E-state index in [4.69, 9.17) is 4.74 Å². The molecule has 0 radical (unpaired) electrons. The molecule has 0 spiro atoms. The van der Waals surface area contributed by atoms with Crippen molar-refractivity contribution in [2.75, 3.05) is 43.5 Å². The number of carbonyl (C=O) groups excluding carboxylic acids is 3. The van der Waals surface area contributed by atoms with E-state index in [1.165, 1.54) is 48.8 Å². The standard InChI is InChI=1S/C27H27N5O8S/c1-40-27(37)31-12-10-30(11-13-31)22-9-6-18(26(36)29-21(16-24(33)34)23-3-2-14-41-23)15-20(22)28-25(35)17-4-7-19(8-5-17)32(38)39/h2-9,14-15,21H,10-13,16H2,1H3,(H,28,35)(H,29,36)(H,33,34). The lowest BCUT2D eigenvalue weighted by Crippen LogP contribution is -2.49. The summed E-state index contributed by atoms with van der Waals surface area (Å²) >= 11 is 1.33. The molecule has 214 valence electrons. The molecule has 2 heterocycles. The third-order valence-corrected chi connectivity index (χ3v) is 7.46. The van der Waals surface area contributed by atoms with Crippen LogP contribution in [0, 0.1) is 10.1 Å². The van der Waals surface area contributed by atoms with Crippen LogP contribution in [-0.4, -0.2) is 72.1 Å². The largest absolute Gasteiger partial charge is 0.481 e. The number of carboxylic acid groups (broad SMARTS) is 1. The number of benzene rings is 2. The highest BCUT2D eigenvalue weighted by atomic mass is 32.1. The van der Waals surface area contributed by atoms with Gasteiger partial charge in [0.1, 0.15) is 0 Å². The Balaban J connectivity index is 1.61. The normalized spacial score (nSPS) is 13.7. The zero-order valence-electron chi connectivity index (χ0n) is 21.9. The SMILES string of the molecule is COC(=O)N1CCN(c2ccc(C(=O)NC(CC(=O)O)c3cccs3)cc2NC(=O)c2ccc([N+](=O)[O-])cc2)CC1. The molecule has 0 saturated carbocycles. The van der Waals surface area contributed by atoms with Crippen LogP contribution in [-0.2, 0) is 9.53 Å². The Morgan fingerprint density at radius 2 is 1.71 bits per heavy atom. The van der Waals surface area contributed by atoms with Crippen molar-refractivity contribution in [3.8, 4) is 0 Å². The van der Waals surface area contributed by atoms with Crippen LogP contribution in [0.25, 0.3) is 0 Å². The fraction of sp³-hybridized carbons (Fsp3) is 0.259. The molecule has 3 amide bonds. The molecule has 13 nitrogen and oxygen atoms in total. The smallest absolute Gasteiger partial charge is 0.409 e. The van der Waals surface area contributed by atoms with E-state index in [1.54, 1.807) is 34.5 Å². The van der Waals surface area contributed by atoms with Gasteiger partial charge in [0.05, 0.1) is 35.9 Å². The minimum atomic E-state index is -1.07. The van der Waals surface area contributed by atoms with Crippen molar-refractivity contribution >= 4 is 52.3 Å². The minimum absolute atomic E-state index is 0.161. The Bertz CT molecular complexity index is 1440. The number of non-ortho nitro benzene ring substituents is 1. The number of anilines is 2. The zero-order valence-corrected chi connectivity index (χ0v) is 22.8. The lowest BCUT2D eigenvalue weighted by molar-refractivity contribution is -0.384. The van der Waals surface area contributed by atoms with Gasteiger partial charge in [-0.15, -0.1) is 11.3 Å². The van der Waals surface area contributed by atoms with Crippen molar-refractivity contribution in [3.63, 3.8) is 0 Å². The number of carboxylic acids is 1. The first-order valence-electron chi connectivity index (χ1n) is 12.5. The summed E-state index contributed by atoms with van der Waals surface area (Å²) in [5, 5.41) is 27.7. The summed E-state index contributed by atoms with van der Waals surface area (Å²) in [6.07, 6.45) is -0.747. The number of methoxy groups -OCH3 is 1. The fourth-order valence-electron chi connectivity index (χ4n) is 4.37. The van der Waals surface area contributed by atoms with Crippen molar-refractivity contribution in [1.29, 1.82) is 0 Å². The monoisotopic (exact) mass is 581 g/mol. The van der Waals surface area contributed by atoms with Gasteiger partial charge in [-0.2, -0.15) is 0 Å². The number of aliphatic carboxylic acids is 1. The molecule has 3 aromatic rings. The third kappa shape index (κ3) is 7.16. The summed E-state index contributed by atoms with van der Waals surface area (Å²) in [6.45, 7) is 1.62. The van der Waals surface area contributed by atoms with Crippen molar-refractivity contribution in [2.45, 2.75) is 12.5 Å². The van der Waals surface area contributed by atoms with Gasteiger partial charge < -0.3 is 30.3 Å². The van der Waals surface area contributed by atoms with Crippen molar-refractivity contribution in [1.82, 2.24) is 10.2 Å². The van der Waals surface area contributed by atoms with E-state index >= 15 is 0 Å². The summed E-state index contributed by atoms with van der Waals surface area (Å²) in [7, 11) is 1.31. The maximum absolute atomic E-state index is 13.2. The molecule has 1 aromatic heterocycles. The molecule has 0 bridgehead atoms. The van der Waals surface area contributed by atoms with E-state index < -0.39 is 34.8 Å². The molecule has 14 heteroatoms. The summed E-state index contributed by atoms with van der Waals surface area (Å²) < 4.78 is 4.79. The molecule has 41 heavy (non-hydrogen) atoms. The second kappa shape index (κ2) is 12.9. The van der Waals surface area contributed by atoms with Crippen molar-refractivity contribution < 1.29 is 33.9 Å². The van der Waals surface area contributed by atoms with Crippen LogP contribution in [0.2, 0.25) is 0 Å². The third-order valence-electron chi connectivity index (χ3n) is 6.47. The molecule has 1 aliphatic rings. The summed E-state index contributed by atoms with van der Waals surface area (Å²) in [5.74, 6) is -2.15. The van der Waals surface area contributed by atoms with Gasteiger partial charge in [0, 0.05) is 54.3 Å². The van der Waals surface area contributed by atoms with Crippen LogP contribution >= 0.6 is 11.3 Å². The van der Waals surface area contributed by atoms with E-state index in [2.05, 4.69) is 10.6 Å². The minimum Gasteiger partial charge on any atom is -0.481 e. The molecule has 4 rings (SSSR count). The molecule has 1 saturated heterocycles. The molecular formula is C27H27N5O8S. The van der Waals surface area contributed by atoms with Crippen LogP contribution < -0.4 is 15.5 Å². The summed E-state index contributed by atoms with van der Waals surface area (Å²) in [6, 6.07) is 12.6. The molecule has 3 N–H and O–H groups in total. The second-order valence-corrected chi connectivity index (χ2v) is 10.1. The Morgan fingerprint density at radius 1 is 1.02 bits per heavy atom. The highest BCUT2D eigenvalue weighted by Gasteiger charge is 2.25. The fourth-order valence-corrected chi connectivity index (χ4v) is 5.15. The first kappa shape index (κ1) is 29.0. The number of hydrogen-bond acceptors (Lipinski definition) is 9. The van der Waals surface area contributed by atoms with E-state index in [0.717, 1.165) is 0 Å². The second-order valence-electron chi connectivity index (χ2n) is 9.07. The lowest BCUT2D eigenvalue weighted by Gasteiger charge is -2.36. The molecule has 1 unspecified atom stereocenters. The quantitative estimate of drug-likeness (QED) is 0.251. The van der Waals surface area contributed by atoms with Gasteiger partial charge in [-0.1, -0.05) is 6.07 Å². The van der Waals surface area contributed by atoms with Gasteiger partial charge >= 0.3 is 12.1 Å². The molecule has 1 fully saturated rings. The van der Waals surface area contributed by atoms with Gasteiger partial charge in [-0.3, -0.25) is 24.5 Å². The van der Waals surface area contributed by atoms with Gasteiger partial charge in [0.15, 0.2) is 0 Å². The van der Waals surface area contributed by atoms with Crippen LogP contribution in [0.3, 0.4) is 0 Å². The first-order chi connectivity index (χ1) is 19.7. The molecule has 1 atom stereocenters. The van der Waals surface area contributed by atoms with Gasteiger partial charge in [0.2, 0.25) is 0 Å². The first-order valence-corrected chi connectivity index (χ1v) is 13.4. The van der Waals surface area contributed by atoms with Crippen molar-refractivity contribution in [3.05, 3.63) is 86.1 Å². The average molecular weight is 582 g/mol.